The Morgan fingerprint density at radius 2 is 2.00 bits per heavy atom. The van der Waals surface area contributed by atoms with Crippen molar-refractivity contribution in [2.24, 2.45) is 11.1 Å². The molecule has 0 radical (unpaired) electrons. The van der Waals surface area contributed by atoms with E-state index in [4.69, 9.17) is 10.8 Å². The van der Waals surface area contributed by atoms with Crippen LogP contribution in [0.25, 0.3) is 0 Å². The van der Waals surface area contributed by atoms with Crippen molar-refractivity contribution in [2.75, 3.05) is 6.54 Å². The molecule has 0 bridgehead atoms. The van der Waals surface area contributed by atoms with Crippen molar-refractivity contribution < 1.29 is 9.90 Å². The van der Waals surface area contributed by atoms with Crippen LogP contribution in [0.3, 0.4) is 0 Å². The first kappa shape index (κ1) is 14.4. The summed E-state index contributed by atoms with van der Waals surface area (Å²) >= 11 is 0. The van der Waals surface area contributed by atoms with Crippen molar-refractivity contribution >= 4 is 5.91 Å². The number of aliphatic hydroxyl groups excluding tert-OH is 1. The summed E-state index contributed by atoms with van der Waals surface area (Å²) < 4.78 is 0. The van der Waals surface area contributed by atoms with E-state index in [9.17, 15) is 4.79 Å². The average Bonchev–Trinajstić information content (AvgIpc) is 1.96. The zero-order valence-corrected chi connectivity index (χ0v) is 10.2. The maximum Gasteiger partial charge on any atom is 0.221 e. The highest BCUT2D eigenvalue weighted by Gasteiger charge is 2.17. The predicted molar refractivity (Wildman–Crippen MR) is 61.4 cm³/mol. The summed E-state index contributed by atoms with van der Waals surface area (Å²) in [5.41, 5.74) is 5.99. The zero-order valence-electron chi connectivity index (χ0n) is 10.2. The number of amides is 1. The van der Waals surface area contributed by atoms with Crippen LogP contribution in [-0.2, 0) is 4.79 Å². The summed E-state index contributed by atoms with van der Waals surface area (Å²) in [7, 11) is 0. The second kappa shape index (κ2) is 6.08. The molecule has 2 atom stereocenters. The molecule has 0 fully saturated rings. The molecule has 90 valence electrons. The summed E-state index contributed by atoms with van der Waals surface area (Å²) in [6, 6.07) is -0.112. The van der Waals surface area contributed by atoms with Crippen molar-refractivity contribution in [3.05, 3.63) is 0 Å². The number of carbonyl (C=O) groups excluding carboxylic acids is 1. The fourth-order valence-corrected chi connectivity index (χ4v) is 1.43. The highest BCUT2D eigenvalue weighted by atomic mass is 16.3. The van der Waals surface area contributed by atoms with Crippen LogP contribution in [0.1, 0.15) is 40.5 Å². The highest BCUT2D eigenvalue weighted by molar-refractivity contribution is 5.76. The molecule has 15 heavy (non-hydrogen) atoms. The lowest BCUT2D eigenvalue weighted by atomic mass is 9.87. The molecule has 4 heteroatoms. The molecule has 0 rings (SSSR count). The van der Waals surface area contributed by atoms with E-state index in [1.54, 1.807) is 6.92 Å². The van der Waals surface area contributed by atoms with Gasteiger partial charge in [-0.25, -0.2) is 0 Å². The first-order chi connectivity index (χ1) is 6.70. The third-order valence-electron chi connectivity index (χ3n) is 1.92. The van der Waals surface area contributed by atoms with E-state index in [1.165, 1.54) is 0 Å². The van der Waals surface area contributed by atoms with Crippen molar-refractivity contribution in [3.63, 3.8) is 0 Å². The number of rotatable bonds is 5. The largest absolute Gasteiger partial charge is 0.392 e. The maximum atomic E-state index is 11.3. The number of hydrogen-bond acceptors (Lipinski definition) is 3. The number of nitrogens with one attached hydrogen (secondary N) is 1. The minimum Gasteiger partial charge on any atom is -0.392 e. The second-order valence-corrected chi connectivity index (χ2v) is 5.38. The SMILES string of the molecule is C[C@H](O)CNC(=O)CC(N)CC(C)(C)C. The molecule has 1 unspecified atom stereocenters. The quantitative estimate of drug-likeness (QED) is 0.631. The fourth-order valence-electron chi connectivity index (χ4n) is 1.43. The van der Waals surface area contributed by atoms with Crippen LogP contribution < -0.4 is 11.1 Å². The van der Waals surface area contributed by atoms with E-state index in [0.717, 1.165) is 6.42 Å². The number of carbonyl (C=O) groups is 1. The molecule has 0 saturated carbocycles. The van der Waals surface area contributed by atoms with Gasteiger partial charge in [0, 0.05) is 19.0 Å². The van der Waals surface area contributed by atoms with Crippen LogP contribution in [-0.4, -0.2) is 29.7 Å². The van der Waals surface area contributed by atoms with Crippen LogP contribution in [0.5, 0.6) is 0 Å². The van der Waals surface area contributed by atoms with Gasteiger partial charge >= 0.3 is 0 Å². The molecule has 0 heterocycles. The number of hydrogen-bond donors (Lipinski definition) is 3. The van der Waals surface area contributed by atoms with Gasteiger partial charge in [-0.1, -0.05) is 20.8 Å². The molecule has 1 amide bonds. The topological polar surface area (TPSA) is 75.3 Å². The molecule has 0 saturated heterocycles. The molecule has 0 aliphatic rings. The van der Waals surface area contributed by atoms with Gasteiger partial charge in [-0.15, -0.1) is 0 Å². The molecule has 0 aromatic heterocycles. The molecule has 4 nitrogen and oxygen atoms in total. The van der Waals surface area contributed by atoms with E-state index < -0.39 is 6.10 Å². The minimum absolute atomic E-state index is 0.0901. The smallest absolute Gasteiger partial charge is 0.221 e. The van der Waals surface area contributed by atoms with Gasteiger partial charge in [0.2, 0.25) is 5.91 Å². The average molecular weight is 216 g/mol. The van der Waals surface area contributed by atoms with E-state index >= 15 is 0 Å². The van der Waals surface area contributed by atoms with Gasteiger partial charge in [0.05, 0.1) is 6.10 Å². The minimum atomic E-state index is -0.507. The Bertz CT molecular complexity index is 197. The first-order valence-corrected chi connectivity index (χ1v) is 5.41. The lowest BCUT2D eigenvalue weighted by Crippen LogP contribution is -2.36. The summed E-state index contributed by atoms with van der Waals surface area (Å²) in [6.45, 7) is 8.22. The second-order valence-electron chi connectivity index (χ2n) is 5.38. The zero-order chi connectivity index (χ0) is 12.1. The number of nitrogens with two attached hydrogens (primary N) is 1. The third kappa shape index (κ3) is 9.69. The Labute approximate surface area is 92.2 Å². The molecule has 0 aromatic rings. The maximum absolute atomic E-state index is 11.3. The lowest BCUT2D eigenvalue weighted by molar-refractivity contribution is -0.121. The van der Waals surface area contributed by atoms with Crippen molar-refractivity contribution in [1.29, 1.82) is 0 Å². The van der Waals surface area contributed by atoms with Crippen LogP contribution in [0.4, 0.5) is 0 Å². The van der Waals surface area contributed by atoms with Gasteiger partial charge in [0.15, 0.2) is 0 Å². The predicted octanol–water partition coefficient (Wildman–Crippen LogP) is 0.637. The monoisotopic (exact) mass is 216 g/mol. The van der Waals surface area contributed by atoms with Crippen molar-refractivity contribution in [1.82, 2.24) is 5.32 Å². The van der Waals surface area contributed by atoms with Crippen molar-refractivity contribution in [2.45, 2.75) is 52.7 Å². The Hall–Kier alpha value is -0.610. The van der Waals surface area contributed by atoms with Crippen LogP contribution in [0, 0.1) is 5.41 Å². The van der Waals surface area contributed by atoms with Gasteiger partial charge in [-0.05, 0) is 18.8 Å². The first-order valence-electron chi connectivity index (χ1n) is 5.41. The standard InChI is InChI=1S/C11H24N2O2/c1-8(14)7-13-10(15)5-9(12)6-11(2,3)4/h8-9,14H,5-7,12H2,1-4H3,(H,13,15)/t8-,9?/m0/s1. The fraction of sp³-hybridized carbons (Fsp3) is 0.909. The summed E-state index contributed by atoms with van der Waals surface area (Å²) in [6.07, 6.45) is 0.631. The molecular formula is C11H24N2O2. The summed E-state index contributed by atoms with van der Waals surface area (Å²) in [4.78, 5) is 11.3. The van der Waals surface area contributed by atoms with Gasteiger partial charge in [-0.2, -0.15) is 0 Å². The Kier molecular flexibility index (Phi) is 5.83. The van der Waals surface area contributed by atoms with Gasteiger partial charge < -0.3 is 16.2 Å². The normalized spacial score (nSPS) is 15.9. The molecule has 4 N–H and O–H groups in total. The van der Waals surface area contributed by atoms with E-state index in [1.807, 2.05) is 0 Å². The Balaban J connectivity index is 3.77. The molecule has 0 aromatic carbocycles. The number of aliphatic hydroxyl groups is 1. The highest BCUT2D eigenvalue weighted by Crippen LogP contribution is 2.20. The summed E-state index contributed by atoms with van der Waals surface area (Å²) in [5, 5.41) is 11.6. The van der Waals surface area contributed by atoms with Gasteiger partial charge in [0.25, 0.3) is 0 Å². The van der Waals surface area contributed by atoms with Crippen LogP contribution >= 0.6 is 0 Å². The van der Waals surface area contributed by atoms with Gasteiger partial charge in [0.1, 0.15) is 0 Å². The van der Waals surface area contributed by atoms with Crippen molar-refractivity contribution in [3.8, 4) is 0 Å². The Morgan fingerprint density at radius 1 is 1.47 bits per heavy atom. The Morgan fingerprint density at radius 3 is 2.40 bits per heavy atom. The van der Waals surface area contributed by atoms with E-state index in [0.29, 0.717) is 13.0 Å². The molecule has 0 spiro atoms. The van der Waals surface area contributed by atoms with Gasteiger partial charge in [-0.3, -0.25) is 4.79 Å². The summed E-state index contributed by atoms with van der Waals surface area (Å²) in [5.74, 6) is -0.0901. The third-order valence-corrected chi connectivity index (χ3v) is 1.92. The van der Waals surface area contributed by atoms with E-state index in [2.05, 4.69) is 26.1 Å². The van der Waals surface area contributed by atoms with Crippen LogP contribution in [0.2, 0.25) is 0 Å². The molecular weight excluding hydrogens is 192 g/mol. The molecule has 0 aliphatic carbocycles. The van der Waals surface area contributed by atoms with E-state index in [-0.39, 0.29) is 17.4 Å². The van der Waals surface area contributed by atoms with Crippen LogP contribution in [0.15, 0.2) is 0 Å². The molecule has 0 aliphatic heterocycles. The lowest BCUT2D eigenvalue weighted by Gasteiger charge is -2.22.